The van der Waals surface area contributed by atoms with E-state index in [9.17, 15) is 0 Å². The molecule has 0 radical (unpaired) electrons. The first-order valence-corrected chi connectivity index (χ1v) is 7.55. The summed E-state index contributed by atoms with van der Waals surface area (Å²) >= 11 is 6.23. The van der Waals surface area contributed by atoms with Gasteiger partial charge in [-0.1, -0.05) is 79.9 Å². The molecule has 0 saturated carbocycles. The van der Waals surface area contributed by atoms with E-state index in [-0.39, 0.29) is 41.2 Å². The second-order valence-electron chi connectivity index (χ2n) is 6.04. The van der Waals surface area contributed by atoms with Gasteiger partial charge in [-0.3, -0.25) is 0 Å². The van der Waals surface area contributed by atoms with Crippen molar-refractivity contribution in [2.24, 2.45) is 0 Å². The molecule has 1 heteroatoms. The Balaban J connectivity index is 2.13. The van der Waals surface area contributed by atoms with Gasteiger partial charge in [-0.15, -0.1) is 0 Å². The monoisotopic (exact) mass is 309 g/mol. The van der Waals surface area contributed by atoms with E-state index in [0.717, 1.165) is 22.3 Å². The van der Waals surface area contributed by atoms with Crippen molar-refractivity contribution in [2.45, 2.75) is 19.3 Å². The molecule has 0 N–H and O–H groups in total. The van der Waals surface area contributed by atoms with Crippen molar-refractivity contribution in [3.63, 3.8) is 0 Å². The second kappa shape index (κ2) is 4.72. The number of fused-ring (bicyclic) bond motifs is 3. The van der Waals surface area contributed by atoms with Gasteiger partial charge in [0.2, 0.25) is 0 Å². The molecule has 22 heavy (non-hydrogen) atoms. The summed E-state index contributed by atoms with van der Waals surface area (Å²) in [5, 5.41) is 0.652. The minimum Gasteiger partial charge on any atom is -0.0843 e. The maximum absolute atomic E-state index is 8.36. The molecule has 0 saturated heterocycles. The van der Waals surface area contributed by atoms with Crippen LogP contribution in [0.2, 0.25) is 5.02 Å². The average Bonchev–Trinajstić information content (AvgIpc) is 2.86. The van der Waals surface area contributed by atoms with Crippen LogP contribution in [0, 0.1) is 0 Å². The van der Waals surface area contributed by atoms with Gasteiger partial charge in [0.1, 0.15) is 0 Å². The van der Waals surface area contributed by atoms with Crippen molar-refractivity contribution < 1.29 is 6.85 Å². The van der Waals surface area contributed by atoms with Crippen LogP contribution in [0.3, 0.4) is 0 Å². The predicted octanol–water partition coefficient (Wildman–Crippen LogP) is 6.31. The third-order valence-corrected chi connectivity index (χ3v) is 4.67. The van der Waals surface area contributed by atoms with Gasteiger partial charge in [0.15, 0.2) is 0 Å². The maximum atomic E-state index is 8.36. The van der Waals surface area contributed by atoms with Gasteiger partial charge in [0.25, 0.3) is 0 Å². The number of hydrogen-bond donors (Lipinski definition) is 0. The molecule has 0 nitrogen and oxygen atoms in total. The highest BCUT2D eigenvalue weighted by Crippen LogP contribution is 2.52. The van der Waals surface area contributed by atoms with Crippen LogP contribution in [0.5, 0.6) is 0 Å². The highest BCUT2D eigenvalue weighted by atomic mass is 35.5. The highest BCUT2D eigenvalue weighted by molar-refractivity contribution is 6.30. The number of halogens is 1. The quantitative estimate of drug-likeness (QED) is 0.494. The topological polar surface area (TPSA) is 0 Å². The molecule has 1 aliphatic carbocycles. The van der Waals surface area contributed by atoms with E-state index in [1.165, 1.54) is 0 Å². The van der Waals surface area contributed by atoms with Crippen LogP contribution in [-0.4, -0.2) is 0 Å². The van der Waals surface area contributed by atoms with Gasteiger partial charge in [0, 0.05) is 10.4 Å². The summed E-state index contributed by atoms with van der Waals surface area (Å²) in [5.41, 5.74) is 4.62. The maximum Gasteiger partial charge on any atom is 0.0629 e. The Morgan fingerprint density at radius 3 is 2.45 bits per heavy atom. The lowest BCUT2D eigenvalue weighted by atomic mass is 9.82. The van der Waals surface area contributed by atoms with E-state index in [2.05, 4.69) is 13.8 Å². The third kappa shape index (κ3) is 1.84. The lowest BCUT2D eigenvalue weighted by Gasteiger charge is -2.21. The Hall–Kier alpha value is -2.05. The van der Waals surface area contributed by atoms with Gasteiger partial charge in [-0.05, 0) is 45.5 Å². The summed E-state index contributed by atoms with van der Waals surface area (Å²) in [4.78, 5) is 0. The Morgan fingerprint density at radius 2 is 1.68 bits per heavy atom. The van der Waals surface area contributed by atoms with Crippen LogP contribution < -0.4 is 0 Å². The van der Waals surface area contributed by atoms with Crippen molar-refractivity contribution >= 4 is 11.6 Å². The predicted molar refractivity (Wildman–Crippen MR) is 94.5 cm³/mol. The Labute approximate surface area is 143 Å². The Bertz CT molecular complexity index is 1090. The Kier molecular flexibility index (Phi) is 1.97. The Morgan fingerprint density at radius 1 is 0.909 bits per heavy atom. The number of hydrogen-bond acceptors (Lipinski definition) is 0. The molecule has 0 fully saturated rings. The van der Waals surface area contributed by atoms with Gasteiger partial charge >= 0.3 is 0 Å². The summed E-state index contributed by atoms with van der Waals surface area (Å²) in [6.07, 6.45) is 0. The van der Waals surface area contributed by atoms with Crippen LogP contribution >= 0.6 is 11.6 Å². The van der Waals surface area contributed by atoms with Crippen molar-refractivity contribution in [1.29, 1.82) is 0 Å². The SMILES string of the molecule is [2H]c1c([2H])c([2H])c(-c2cccc3c2-c2ccc(Cl)cc2C3(C)C)c([2H])c1[2H]. The number of benzene rings is 3. The minimum absolute atomic E-state index is 0.186. The molecule has 0 spiro atoms. The first-order valence-electron chi connectivity index (χ1n) is 9.67. The van der Waals surface area contributed by atoms with E-state index >= 15 is 0 Å². The van der Waals surface area contributed by atoms with Crippen molar-refractivity contribution in [3.8, 4) is 22.3 Å². The lowest BCUT2D eigenvalue weighted by Crippen LogP contribution is -2.14. The molecule has 0 amide bonds. The fraction of sp³-hybridized carbons (Fsp3) is 0.143. The van der Waals surface area contributed by atoms with Crippen LogP contribution in [0.25, 0.3) is 22.3 Å². The summed E-state index contributed by atoms with van der Waals surface area (Å²) in [6, 6.07) is 10.1. The second-order valence-corrected chi connectivity index (χ2v) is 6.48. The molecule has 108 valence electrons. The van der Waals surface area contributed by atoms with Gasteiger partial charge in [-0.25, -0.2) is 0 Å². The van der Waals surface area contributed by atoms with E-state index in [4.69, 9.17) is 18.5 Å². The fourth-order valence-corrected chi connectivity index (χ4v) is 3.53. The molecular weight excluding hydrogens is 288 g/mol. The van der Waals surface area contributed by atoms with Crippen LogP contribution in [-0.2, 0) is 5.41 Å². The molecule has 3 aromatic rings. The van der Waals surface area contributed by atoms with Crippen LogP contribution in [0.15, 0.2) is 66.6 Å². The summed E-state index contributed by atoms with van der Waals surface area (Å²) < 4.78 is 40.6. The molecule has 0 aliphatic heterocycles. The molecule has 0 aromatic heterocycles. The number of rotatable bonds is 1. The van der Waals surface area contributed by atoms with Gasteiger partial charge in [-0.2, -0.15) is 0 Å². The average molecular weight is 310 g/mol. The molecular formula is C21H17Cl. The lowest BCUT2D eigenvalue weighted by molar-refractivity contribution is 0.660. The van der Waals surface area contributed by atoms with Crippen molar-refractivity contribution in [2.75, 3.05) is 0 Å². The molecule has 4 rings (SSSR count). The van der Waals surface area contributed by atoms with Crippen molar-refractivity contribution in [1.82, 2.24) is 0 Å². The normalized spacial score (nSPS) is 17.7. The molecule has 0 atom stereocenters. The summed E-state index contributed by atoms with van der Waals surface area (Å²) in [5.74, 6) is 0. The fourth-order valence-electron chi connectivity index (χ4n) is 3.35. The summed E-state index contributed by atoms with van der Waals surface area (Å²) in [7, 11) is 0. The largest absolute Gasteiger partial charge is 0.0843 e. The van der Waals surface area contributed by atoms with Crippen LogP contribution in [0.1, 0.15) is 31.8 Å². The minimum atomic E-state index is -0.381. The van der Waals surface area contributed by atoms with Gasteiger partial charge < -0.3 is 0 Å². The zero-order chi connectivity index (χ0) is 19.7. The molecule has 0 bridgehead atoms. The van der Waals surface area contributed by atoms with Crippen LogP contribution in [0.4, 0.5) is 0 Å². The molecule has 1 aliphatic rings. The zero-order valence-electron chi connectivity index (χ0n) is 17.3. The molecule has 0 unspecified atom stereocenters. The first-order chi connectivity index (χ1) is 12.7. The van der Waals surface area contributed by atoms with Gasteiger partial charge in [0.05, 0.1) is 6.85 Å². The zero-order valence-corrected chi connectivity index (χ0v) is 13.1. The third-order valence-electron chi connectivity index (χ3n) is 4.43. The first kappa shape index (κ1) is 9.17. The van der Waals surface area contributed by atoms with E-state index in [0.29, 0.717) is 10.6 Å². The highest BCUT2D eigenvalue weighted by Gasteiger charge is 2.36. The standard InChI is InChI=1S/C21H17Cl/c1-21(2)18-10-6-9-16(14-7-4-3-5-8-14)20(18)17-12-11-15(22)13-19(17)21/h3-13H,1-2H3/i3D,4D,5D,7D,8D. The summed E-state index contributed by atoms with van der Waals surface area (Å²) in [6.45, 7) is 4.22. The van der Waals surface area contributed by atoms with E-state index in [1.54, 1.807) is 0 Å². The van der Waals surface area contributed by atoms with E-state index < -0.39 is 0 Å². The molecule has 0 heterocycles. The smallest absolute Gasteiger partial charge is 0.0629 e. The van der Waals surface area contributed by atoms with E-state index in [1.807, 2.05) is 36.4 Å². The van der Waals surface area contributed by atoms with Crippen molar-refractivity contribution in [3.05, 3.63) is 82.8 Å². The molecule has 3 aromatic carbocycles.